The number of aromatic nitrogens is 2. The summed E-state index contributed by atoms with van der Waals surface area (Å²) >= 11 is 3.55. The number of carbonyl (C=O) groups excluding carboxylic acids is 1. The summed E-state index contributed by atoms with van der Waals surface area (Å²) in [6.45, 7) is 4.82. The Morgan fingerprint density at radius 2 is 2.05 bits per heavy atom. The van der Waals surface area contributed by atoms with E-state index in [1.165, 1.54) is 0 Å². The summed E-state index contributed by atoms with van der Waals surface area (Å²) in [5, 5.41) is 7.12. The molecule has 5 heteroatoms. The highest BCUT2D eigenvalue weighted by molar-refractivity contribution is 9.09. The molecule has 1 amide bonds. The van der Waals surface area contributed by atoms with Crippen LogP contribution in [0, 0.1) is 5.92 Å². The van der Waals surface area contributed by atoms with Gasteiger partial charge in [-0.2, -0.15) is 5.10 Å². The molecule has 1 N–H and O–H groups in total. The summed E-state index contributed by atoms with van der Waals surface area (Å²) in [5.74, 6) is 0.375. The smallest absolute Gasteiger partial charge is 0.254 e. The molecular weight excluding hydrogens is 318 g/mol. The predicted molar refractivity (Wildman–Crippen MR) is 83.5 cm³/mol. The molecule has 1 unspecified atom stereocenters. The first-order chi connectivity index (χ1) is 9.58. The molecule has 0 spiro atoms. The lowest BCUT2D eigenvalue weighted by molar-refractivity contribution is 0.0953. The van der Waals surface area contributed by atoms with Gasteiger partial charge in [0.25, 0.3) is 5.91 Å². The molecular formula is C15H18BrN3O. The third-order valence-electron chi connectivity index (χ3n) is 3.05. The zero-order valence-electron chi connectivity index (χ0n) is 11.6. The van der Waals surface area contributed by atoms with E-state index in [4.69, 9.17) is 0 Å². The maximum Gasteiger partial charge on any atom is 0.254 e. The number of amides is 1. The minimum Gasteiger partial charge on any atom is -0.351 e. The molecule has 0 aliphatic rings. The van der Waals surface area contributed by atoms with Gasteiger partial charge in [-0.05, 0) is 18.1 Å². The van der Waals surface area contributed by atoms with Gasteiger partial charge in [0.1, 0.15) is 0 Å². The Balaban J connectivity index is 2.00. The number of halogens is 1. The van der Waals surface area contributed by atoms with E-state index in [-0.39, 0.29) is 10.7 Å². The number of nitrogens with one attached hydrogen (secondary N) is 1. The number of hydrogen-bond acceptors (Lipinski definition) is 2. The van der Waals surface area contributed by atoms with Gasteiger partial charge in [0.2, 0.25) is 0 Å². The quantitative estimate of drug-likeness (QED) is 0.853. The first kappa shape index (κ1) is 14.8. The molecule has 20 heavy (non-hydrogen) atoms. The Morgan fingerprint density at radius 3 is 2.70 bits per heavy atom. The van der Waals surface area contributed by atoms with Crippen molar-refractivity contribution in [1.29, 1.82) is 0 Å². The minimum atomic E-state index is -0.0997. The fourth-order valence-corrected chi connectivity index (χ4v) is 1.85. The van der Waals surface area contributed by atoms with Crippen LogP contribution in [0.1, 0.15) is 24.2 Å². The van der Waals surface area contributed by atoms with Gasteiger partial charge in [0.15, 0.2) is 0 Å². The molecule has 0 aliphatic carbocycles. The standard InChI is InChI=1S/C15H18BrN3O/c1-11(2)14(16)9-17-15(20)12-8-18-19(10-12)13-6-4-3-5-7-13/h3-8,10-11,14H,9H2,1-2H3,(H,17,20). The van der Waals surface area contributed by atoms with Gasteiger partial charge in [0, 0.05) is 17.6 Å². The molecule has 0 radical (unpaired) electrons. The van der Waals surface area contributed by atoms with Crippen LogP contribution in [0.4, 0.5) is 0 Å². The first-order valence-corrected chi connectivity index (χ1v) is 7.52. The van der Waals surface area contributed by atoms with Gasteiger partial charge < -0.3 is 5.32 Å². The number of rotatable bonds is 5. The summed E-state index contributed by atoms with van der Waals surface area (Å²) in [4.78, 5) is 12.3. The SMILES string of the molecule is CC(C)C(Br)CNC(=O)c1cnn(-c2ccccc2)c1. The Kier molecular flexibility index (Phi) is 4.95. The molecule has 0 aliphatic heterocycles. The van der Waals surface area contributed by atoms with Crippen molar-refractivity contribution in [3.63, 3.8) is 0 Å². The van der Waals surface area contributed by atoms with Crippen molar-refractivity contribution in [1.82, 2.24) is 15.1 Å². The Hall–Kier alpha value is -1.62. The second kappa shape index (κ2) is 6.70. The number of alkyl halides is 1. The van der Waals surface area contributed by atoms with E-state index < -0.39 is 0 Å². The molecule has 0 bridgehead atoms. The molecule has 2 aromatic rings. The van der Waals surface area contributed by atoms with Crippen molar-refractivity contribution in [2.45, 2.75) is 18.7 Å². The molecule has 1 heterocycles. The van der Waals surface area contributed by atoms with E-state index in [0.29, 0.717) is 18.0 Å². The molecule has 106 valence electrons. The van der Waals surface area contributed by atoms with Gasteiger partial charge in [-0.3, -0.25) is 4.79 Å². The van der Waals surface area contributed by atoms with E-state index in [1.807, 2.05) is 30.3 Å². The van der Waals surface area contributed by atoms with Crippen molar-refractivity contribution in [3.05, 3.63) is 48.3 Å². The second-order valence-corrected chi connectivity index (χ2v) is 6.16. The molecule has 0 fully saturated rings. The molecule has 1 atom stereocenters. The maximum atomic E-state index is 12.0. The summed E-state index contributed by atoms with van der Waals surface area (Å²) in [6, 6.07) is 9.72. The normalized spacial score (nSPS) is 12.4. The van der Waals surface area contributed by atoms with E-state index >= 15 is 0 Å². The van der Waals surface area contributed by atoms with Crippen molar-refractivity contribution in [3.8, 4) is 5.69 Å². The van der Waals surface area contributed by atoms with E-state index in [9.17, 15) is 4.79 Å². The first-order valence-electron chi connectivity index (χ1n) is 6.60. The summed E-state index contributed by atoms with van der Waals surface area (Å²) in [5.41, 5.74) is 1.50. The third kappa shape index (κ3) is 3.70. The number of para-hydroxylation sites is 1. The molecule has 0 saturated carbocycles. The fourth-order valence-electron chi connectivity index (χ4n) is 1.69. The zero-order valence-corrected chi connectivity index (χ0v) is 13.2. The van der Waals surface area contributed by atoms with Crippen LogP contribution < -0.4 is 5.32 Å². The zero-order chi connectivity index (χ0) is 14.5. The maximum absolute atomic E-state index is 12.0. The Morgan fingerprint density at radius 1 is 1.35 bits per heavy atom. The number of nitrogens with zero attached hydrogens (tertiary/aromatic N) is 2. The monoisotopic (exact) mass is 335 g/mol. The van der Waals surface area contributed by atoms with Gasteiger partial charge in [-0.15, -0.1) is 0 Å². The highest BCUT2D eigenvalue weighted by Gasteiger charge is 2.13. The van der Waals surface area contributed by atoms with Gasteiger partial charge >= 0.3 is 0 Å². The highest BCUT2D eigenvalue weighted by Crippen LogP contribution is 2.11. The van der Waals surface area contributed by atoms with Gasteiger partial charge in [-0.25, -0.2) is 4.68 Å². The number of benzene rings is 1. The second-order valence-electron chi connectivity index (χ2n) is 4.98. The van der Waals surface area contributed by atoms with Crippen LogP contribution >= 0.6 is 15.9 Å². The van der Waals surface area contributed by atoms with Crippen LogP contribution in [0.2, 0.25) is 0 Å². The highest BCUT2D eigenvalue weighted by atomic mass is 79.9. The van der Waals surface area contributed by atoms with Gasteiger partial charge in [-0.1, -0.05) is 48.0 Å². The Labute approximate surface area is 127 Å². The largest absolute Gasteiger partial charge is 0.351 e. The molecule has 0 saturated heterocycles. The third-order valence-corrected chi connectivity index (χ3v) is 4.43. The average molecular weight is 336 g/mol. The van der Waals surface area contributed by atoms with Crippen LogP contribution in [0.25, 0.3) is 5.69 Å². The number of carbonyl (C=O) groups is 1. The van der Waals surface area contributed by atoms with Crippen molar-refractivity contribution < 1.29 is 4.79 Å². The van der Waals surface area contributed by atoms with Crippen molar-refractivity contribution in [2.24, 2.45) is 5.92 Å². The van der Waals surface area contributed by atoms with E-state index in [0.717, 1.165) is 5.69 Å². The fraction of sp³-hybridized carbons (Fsp3) is 0.333. The summed E-state index contributed by atoms with van der Waals surface area (Å²) in [7, 11) is 0. The van der Waals surface area contributed by atoms with Crippen molar-refractivity contribution >= 4 is 21.8 Å². The topological polar surface area (TPSA) is 46.9 Å². The predicted octanol–water partition coefficient (Wildman–Crippen LogP) is 3.02. The van der Waals surface area contributed by atoms with Crippen LogP contribution in [0.5, 0.6) is 0 Å². The molecule has 4 nitrogen and oxygen atoms in total. The summed E-state index contributed by atoms with van der Waals surface area (Å²) in [6.07, 6.45) is 3.32. The number of hydrogen-bond donors (Lipinski definition) is 1. The lowest BCUT2D eigenvalue weighted by Crippen LogP contribution is -2.31. The summed E-state index contributed by atoms with van der Waals surface area (Å²) < 4.78 is 1.70. The van der Waals surface area contributed by atoms with Crippen LogP contribution in [0.15, 0.2) is 42.7 Å². The average Bonchev–Trinajstić information content (AvgIpc) is 2.95. The lowest BCUT2D eigenvalue weighted by atomic mass is 10.1. The van der Waals surface area contributed by atoms with E-state index in [1.54, 1.807) is 17.1 Å². The Bertz CT molecular complexity index is 566. The molecule has 1 aromatic carbocycles. The lowest BCUT2D eigenvalue weighted by Gasteiger charge is -2.13. The molecule has 1 aromatic heterocycles. The van der Waals surface area contributed by atoms with Crippen LogP contribution in [-0.2, 0) is 0 Å². The molecule has 2 rings (SSSR count). The van der Waals surface area contributed by atoms with Crippen LogP contribution in [0.3, 0.4) is 0 Å². The van der Waals surface area contributed by atoms with Gasteiger partial charge in [0.05, 0.1) is 17.4 Å². The van der Waals surface area contributed by atoms with E-state index in [2.05, 4.69) is 40.2 Å². The van der Waals surface area contributed by atoms with Crippen LogP contribution in [-0.4, -0.2) is 27.1 Å². The minimum absolute atomic E-state index is 0.0997. The van der Waals surface area contributed by atoms with Crippen molar-refractivity contribution in [2.75, 3.05) is 6.54 Å².